The molecular formula is C25H27F3N6O2. The van der Waals surface area contributed by atoms with E-state index in [1.807, 2.05) is 31.2 Å². The Kier molecular flexibility index (Phi) is 6.54. The van der Waals surface area contributed by atoms with Gasteiger partial charge in [-0.1, -0.05) is 24.3 Å². The van der Waals surface area contributed by atoms with Gasteiger partial charge in [0.25, 0.3) is 0 Å². The molecule has 11 heteroatoms. The maximum absolute atomic E-state index is 14.2. The van der Waals surface area contributed by atoms with Gasteiger partial charge in [-0.15, -0.1) is 10.2 Å². The van der Waals surface area contributed by atoms with Crippen LogP contribution in [0, 0.1) is 0 Å². The number of ether oxygens (including phenoxy) is 2. The van der Waals surface area contributed by atoms with Gasteiger partial charge in [0, 0.05) is 37.8 Å². The van der Waals surface area contributed by atoms with Crippen molar-refractivity contribution >= 4 is 16.6 Å². The van der Waals surface area contributed by atoms with Crippen LogP contribution in [0.5, 0.6) is 5.75 Å². The third kappa shape index (κ3) is 4.73. The van der Waals surface area contributed by atoms with Gasteiger partial charge in [-0.05, 0) is 37.1 Å². The third-order valence-corrected chi connectivity index (χ3v) is 6.31. The van der Waals surface area contributed by atoms with Crippen molar-refractivity contribution in [3.8, 4) is 17.3 Å². The zero-order valence-electron chi connectivity index (χ0n) is 19.9. The number of alkyl halides is 3. The summed E-state index contributed by atoms with van der Waals surface area (Å²) in [7, 11) is 1.60. The number of aromatic nitrogens is 4. The Morgan fingerprint density at radius 2 is 1.97 bits per heavy atom. The fraction of sp³-hybridized carbons (Fsp3) is 0.400. The lowest BCUT2D eigenvalue weighted by Crippen LogP contribution is -2.38. The quantitative estimate of drug-likeness (QED) is 0.410. The number of hydrogen-bond donors (Lipinski definition) is 1. The standard InChI is InChI=1S/C25H27F3N6O2/c1-15(14-35-2)36-20-5-3-4-16-6-8-19(30-22(16)20)24-32-31-21-9-7-17(12-34(21)24)23(25(26,27)28)33-11-10-18(29)13-33/h3-9,12,15,18,23H,10-11,13-14,29H2,1-2H3/t15-,18?,23+/m1/s1. The topological polar surface area (TPSA) is 90.8 Å². The number of hydrogen-bond acceptors (Lipinski definition) is 7. The first kappa shape index (κ1) is 24.4. The average molecular weight is 501 g/mol. The maximum Gasteiger partial charge on any atom is 0.408 e. The first-order valence-corrected chi connectivity index (χ1v) is 11.7. The van der Waals surface area contributed by atoms with Gasteiger partial charge in [0.15, 0.2) is 11.5 Å². The summed E-state index contributed by atoms with van der Waals surface area (Å²) in [5.74, 6) is 0.920. The minimum atomic E-state index is -4.46. The zero-order valence-corrected chi connectivity index (χ0v) is 19.9. The Morgan fingerprint density at radius 1 is 1.14 bits per heavy atom. The molecule has 4 aromatic rings. The molecule has 0 bridgehead atoms. The normalized spacial score (nSPS) is 18.7. The van der Waals surface area contributed by atoms with E-state index in [9.17, 15) is 13.2 Å². The number of nitrogens with two attached hydrogens (primary N) is 1. The van der Waals surface area contributed by atoms with Crippen molar-refractivity contribution in [3.63, 3.8) is 0 Å². The van der Waals surface area contributed by atoms with Gasteiger partial charge < -0.3 is 15.2 Å². The van der Waals surface area contributed by atoms with Crippen LogP contribution in [-0.2, 0) is 4.74 Å². The highest BCUT2D eigenvalue weighted by atomic mass is 19.4. The number of pyridine rings is 2. The van der Waals surface area contributed by atoms with Crippen molar-refractivity contribution in [2.75, 3.05) is 26.8 Å². The van der Waals surface area contributed by atoms with Crippen LogP contribution in [0.15, 0.2) is 48.7 Å². The highest BCUT2D eigenvalue weighted by molar-refractivity contribution is 5.86. The molecule has 0 saturated carbocycles. The number of para-hydroxylation sites is 1. The van der Waals surface area contributed by atoms with Gasteiger partial charge in [0.2, 0.25) is 0 Å². The van der Waals surface area contributed by atoms with Gasteiger partial charge in [0.1, 0.15) is 29.1 Å². The van der Waals surface area contributed by atoms with Crippen LogP contribution in [-0.4, -0.2) is 69.6 Å². The van der Waals surface area contributed by atoms with E-state index in [2.05, 4.69) is 10.2 Å². The number of benzene rings is 1. The molecule has 0 aliphatic carbocycles. The van der Waals surface area contributed by atoms with Crippen molar-refractivity contribution in [3.05, 3.63) is 54.2 Å². The van der Waals surface area contributed by atoms with Crippen LogP contribution >= 0.6 is 0 Å². The molecule has 3 atom stereocenters. The van der Waals surface area contributed by atoms with Crippen LogP contribution in [0.25, 0.3) is 28.1 Å². The molecule has 0 radical (unpaired) electrons. The van der Waals surface area contributed by atoms with Gasteiger partial charge in [-0.3, -0.25) is 9.30 Å². The van der Waals surface area contributed by atoms with Crippen LogP contribution in [0.1, 0.15) is 24.9 Å². The molecule has 2 N–H and O–H groups in total. The van der Waals surface area contributed by atoms with Gasteiger partial charge in [0.05, 0.1) is 6.61 Å². The number of nitrogens with zero attached hydrogens (tertiary/aromatic N) is 5. The van der Waals surface area contributed by atoms with E-state index in [4.69, 9.17) is 20.2 Å². The summed E-state index contributed by atoms with van der Waals surface area (Å²) in [5, 5.41) is 9.25. The Hall–Kier alpha value is -3.28. The third-order valence-electron chi connectivity index (χ3n) is 6.31. The van der Waals surface area contributed by atoms with E-state index in [-0.39, 0.29) is 30.8 Å². The highest BCUT2D eigenvalue weighted by Crippen LogP contribution is 2.39. The first-order valence-electron chi connectivity index (χ1n) is 11.7. The highest BCUT2D eigenvalue weighted by Gasteiger charge is 2.46. The number of likely N-dealkylation sites (tertiary alicyclic amines) is 1. The Bertz CT molecular complexity index is 1380. The van der Waals surface area contributed by atoms with Crippen LogP contribution in [0.3, 0.4) is 0 Å². The molecule has 1 fully saturated rings. The van der Waals surface area contributed by atoms with Crippen molar-refractivity contribution in [2.45, 2.75) is 37.7 Å². The molecule has 36 heavy (non-hydrogen) atoms. The number of methoxy groups -OCH3 is 1. The zero-order chi connectivity index (χ0) is 25.4. The molecule has 1 unspecified atom stereocenters. The fourth-order valence-electron chi connectivity index (χ4n) is 4.73. The lowest BCUT2D eigenvalue weighted by Gasteiger charge is -2.30. The van der Waals surface area contributed by atoms with Gasteiger partial charge in [-0.25, -0.2) is 4.98 Å². The monoisotopic (exact) mass is 500 g/mol. The van der Waals surface area contributed by atoms with Crippen LogP contribution in [0.4, 0.5) is 13.2 Å². The summed E-state index contributed by atoms with van der Waals surface area (Å²) in [6.07, 6.45) is -2.68. The smallest absolute Gasteiger partial charge is 0.408 e. The summed E-state index contributed by atoms with van der Waals surface area (Å²) in [6, 6.07) is 10.2. The predicted molar refractivity (Wildman–Crippen MR) is 129 cm³/mol. The fourth-order valence-corrected chi connectivity index (χ4v) is 4.73. The lowest BCUT2D eigenvalue weighted by molar-refractivity contribution is -0.183. The van der Waals surface area contributed by atoms with Crippen molar-refractivity contribution in [2.24, 2.45) is 5.73 Å². The largest absolute Gasteiger partial charge is 0.486 e. The summed E-state index contributed by atoms with van der Waals surface area (Å²) in [4.78, 5) is 6.14. The molecule has 8 nitrogen and oxygen atoms in total. The molecule has 3 aromatic heterocycles. The van der Waals surface area contributed by atoms with Crippen molar-refractivity contribution in [1.82, 2.24) is 24.5 Å². The molecule has 0 amide bonds. The predicted octanol–water partition coefficient (Wildman–Crippen LogP) is 3.99. The van der Waals surface area contributed by atoms with E-state index >= 15 is 0 Å². The second-order valence-corrected chi connectivity index (χ2v) is 9.11. The summed E-state index contributed by atoms with van der Waals surface area (Å²) >= 11 is 0. The summed E-state index contributed by atoms with van der Waals surface area (Å²) in [6.45, 7) is 2.78. The summed E-state index contributed by atoms with van der Waals surface area (Å²) in [5.41, 5.74) is 7.51. The Labute approximate surface area is 205 Å². The Morgan fingerprint density at radius 3 is 2.69 bits per heavy atom. The lowest BCUT2D eigenvalue weighted by atomic mass is 10.1. The second-order valence-electron chi connectivity index (χ2n) is 9.11. The summed E-state index contributed by atoms with van der Waals surface area (Å²) < 4.78 is 55.2. The first-order chi connectivity index (χ1) is 17.2. The van der Waals surface area contributed by atoms with E-state index in [0.29, 0.717) is 41.5 Å². The van der Waals surface area contributed by atoms with Crippen molar-refractivity contribution < 1.29 is 22.6 Å². The van der Waals surface area contributed by atoms with E-state index in [1.54, 1.807) is 23.6 Å². The molecular weight excluding hydrogens is 473 g/mol. The van der Waals surface area contributed by atoms with Crippen LogP contribution in [0.2, 0.25) is 0 Å². The van der Waals surface area contributed by atoms with Crippen molar-refractivity contribution in [1.29, 1.82) is 0 Å². The molecule has 5 rings (SSSR count). The van der Waals surface area contributed by atoms with E-state index < -0.39 is 12.2 Å². The van der Waals surface area contributed by atoms with Gasteiger partial charge in [-0.2, -0.15) is 13.2 Å². The maximum atomic E-state index is 14.2. The van der Waals surface area contributed by atoms with E-state index in [1.165, 1.54) is 17.2 Å². The van der Waals surface area contributed by atoms with Gasteiger partial charge >= 0.3 is 6.18 Å². The van der Waals surface area contributed by atoms with E-state index in [0.717, 1.165) is 5.39 Å². The molecule has 1 saturated heterocycles. The number of rotatable bonds is 7. The molecule has 190 valence electrons. The Balaban J connectivity index is 1.57. The van der Waals surface area contributed by atoms with Crippen LogP contribution < -0.4 is 10.5 Å². The molecule has 1 aliphatic heterocycles. The molecule has 4 heterocycles. The molecule has 0 spiro atoms. The minimum absolute atomic E-state index is 0.100. The average Bonchev–Trinajstić information content (AvgIpc) is 3.44. The second kappa shape index (κ2) is 9.64. The molecule has 1 aromatic carbocycles. The number of fused-ring (bicyclic) bond motifs is 2. The SMILES string of the molecule is COC[C@@H](C)Oc1cccc2ccc(-c3nnc4ccc([C@H](N5CCC(N)C5)C(F)(F)F)cn34)nc12. The molecule has 1 aliphatic rings. The minimum Gasteiger partial charge on any atom is -0.486 e. The number of halogens is 3.